The van der Waals surface area contributed by atoms with E-state index >= 15 is 0 Å². The number of amides is 1. The number of hydrogen-bond donors (Lipinski definition) is 2. The summed E-state index contributed by atoms with van der Waals surface area (Å²) in [6, 6.07) is 3.42. The first-order valence-corrected chi connectivity index (χ1v) is 17.0. The van der Waals surface area contributed by atoms with Crippen molar-refractivity contribution in [2.24, 2.45) is 0 Å². The van der Waals surface area contributed by atoms with Crippen molar-refractivity contribution < 1.29 is 32.8 Å². The third-order valence-electron chi connectivity index (χ3n) is 7.07. The minimum absolute atomic E-state index is 0.0627. The number of rotatable bonds is 25. The molecule has 1 atom stereocenters. The molecule has 1 amide bonds. The van der Waals surface area contributed by atoms with Gasteiger partial charge in [0.15, 0.2) is 0 Å². The molecule has 0 saturated heterocycles. The number of nitrogens with zero attached hydrogens (tertiary/aromatic N) is 1. The Morgan fingerprint density at radius 3 is 1.85 bits per heavy atom. The lowest BCUT2D eigenvalue weighted by atomic mass is 10.0. The molecule has 0 aromatic heterocycles. The Labute approximate surface area is 246 Å². The molecule has 1 unspecified atom stereocenters. The van der Waals surface area contributed by atoms with Crippen LogP contribution in [0.25, 0.3) is 0 Å². The van der Waals surface area contributed by atoms with Crippen molar-refractivity contribution in [3.8, 4) is 0 Å². The molecule has 0 saturated carbocycles. The summed E-state index contributed by atoms with van der Waals surface area (Å²) in [7, 11) is -4.73. The summed E-state index contributed by atoms with van der Waals surface area (Å²) in [6.45, 7) is 3.84. The molecule has 0 bridgehead atoms. The van der Waals surface area contributed by atoms with Crippen molar-refractivity contribution in [1.82, 2.24) is 4.90 Å². The van der Waals surface area contributed by atoms with Gasteiger partial charge in [-0.05, 0) is 24.1 Å². The van der Waals surface area contributed by atoms with E-state index in [0.29, 0.717) is 12.2 Å². The van der Waals surface area contributed by atoms with Crippen molar-refractivity contribution in [2.45, 2.75) is 129 Å². The number of halogens is 2. The van der Waals surface area contributed by atoms with E-state index in [2.05, 4.69) is 6.92 Å². The van der Waals surface area contributed by atoms with Gasteiger partial charge in [-0.2, -0.15) is 0 Å². The molecule has 0 radical (unpaired) electrons. The van der Waals surface area contributed by atoms with Crippen LogP contribution in [0.5, 0.6) is 0 Å². The zero-order valence-corrected chi connectivity index (χ0v) is 26.3. The zero-order valence-electron chi connectivity index (χ0n) is 24.6. The van der Waals surface area contributed by atoms with E-state index in [0.717, 1.165) is 19.3 Å². The number of phosphoric ester groups is 1. The average Bonchev–Trinajstić information content (AvgIpc) is 2.90. The van der Waals surface area contributed by atoms with Crippen LogP contribution in [0.4, 0.5) is 4.39 Å². The summed E-state index contributed by atoms with van der Waals surface area (Å²) < 4.78 is 35.3. The highest BCUT2D eigenvalue weighted by molar-refractivity contribution is 7.46. The lowest BCUT2D eigenvalue weighted by molar-refractivity contribution is -0.134. The molecule has 1 aromatic rings. The number of phosphoric acid groups is 1. The van der Waals surface area contributed by atoms with E-state index in [-0.39, 0.29) is 24.1 Å². The molecule has 0 aliphatic carbocycles. The number of ether oxygens (including phenoxy) is 1. The van der Waals surface area contributed by atoms with Crippen LogP contribution in [0.3, 0.4) is 0 Å². The topological polar surface area (TPSA) is 96.3 Å². The fourth-order valence-electron chi connectivity index (χ4n) is 4.72. The predicted octanol–water partition coefficient (Wildman–Crippen LogP) is 8.58. The van der Waals surface area contributed by atoms with Gasteiger partial charge in [-0.15, -0.1) is 0 Å². The summed E-state index contributed by atoms with van der Waals surface area (Å²) in [5, 5.41) is -0.0660. The Morgan fingerprint density at radius 2 is 1.40 bits per heavy atom. The van der Waals surface area contributed by atoms with Crippen LogP contribution in [0, 0.1) is 5.82 Å². The highest BCUT2D eigenvalue weighted by atomic mass is 35.5. The second-order valence-electron chi connectivity index (χ2n) is 10.7. The quantitative estimate of drug-likeness (QED) is 0.0853. The molecule has 40 heavy (non-hydrogen) atoms. The van der Waals surface area contributed by atoms with E-state index in [1.54, 1.807) is 0 Å². The second-order valence-corrected chi connectivity index (χ2v) is 12.4. The van der Waals surface area contributed by atoms with Gasteiger partial charge in [0, 0.05) is 20.1 Å². The molecular weight excluding hydrogens is 556 g/mol. The lowest BCUT2D eigenvalue weighted by Gasteiger charge is -2.31. The highest BCUT2D eigenvalue weighted by Crippen LogP contribution is 2.36. The minimum atomic E-state index is -4.73. The monoisotopic (exact) mass is 607 g/mol. The fourth-order valence-corrected chi connectivity index (χ4v) is 5.28. The van der Waals surface area contributed by atoms with Crippen LogP contribution in [0.2, 0.25) is 5.02 Å². The number of hydrogen-bond acceptors (Lipinski definition) is 4. The molecule has 0 fully saturated rings. The number of unbranched alkanes of at least 4 members (excludes halogenated alkanes) is 15. The Morgan fingerprint density at radius 1 is 0.900 bits per heavy atom. The Balaban J connectivity index is 2.25. The van der Waals surface area contributed by atoms with Crippen LogP contribution in [0.1, 0.15) is 122 Å². The number of carbonyl (C=O) groups is 1. The highest BCUT2D eigenvalue weighted by Gasteiger charge is 2.26. The molecule has 232 valence electrons. The maximum absolute atomic E-state index is 13.5. The van der Waals surface area contributed by atoms with Crippen LogP contribution in [0.15, 0.2) is 18.2 Å². The molecule has 0 heterocycles. The molecule has 0 spiro atoms. The summed E-state index contributed by atoms with van der Waals surface area (Å²) in [5.41, 5.74) is 0.584. The molecule has 2 N–H and O–H groups in total. The first kappa shape index (κ1) is 37.0. The third kappa shape index (κ3) is 19.2. The molecule has 0 aliphatic rings. The number of carbonyl (C=O) groups excluding carboxylic acids is 1. The SMILES string of the molecule is CCCCCCCCCCCCCCCCCCOCC(COP(=O)(O)O)N(Cc1ccc(F)c(Cl)c1)C(C)=O. The van der Waals surface area contributed by atoms with Crippen molar-refractivity contribution in [3.05, 3.63) is 34.6 Å². The molecule has 7 nitrogen and oxygen atoms in total. The zero-order chi connectivity index (χ0) is 29.6. The van der Waals surface area contributed by atoms with Gasteiger partial charge in [-0.25, -0.2) is 8.96 Å². The molecule has 1 rings (SSSR count). The molecule has 1 aromatic carbocycles. The fraction of sp³-hybridized carbons (Fsp3) is 0.767. The Bertz CT molecular complexity index is 855. The van der Waals surface area contributed by atoms with Crippen LogP contribution < -0.4 is 0 Å². The van der Waals surface area contributed by atoms with Crippen molar-refractivity contribution in [1.29, 1.82) is 0 Å². The molecular formula is C30H52ClFNO6P. The van der Waals surface area contributed by atoms with Crippen molar-refractivity contribution >= 4 is 25.3 Å². The maximum atomic E-state index is 13.5. The van der Waals surface area contributed by atoms with Gasteiger partial charge in [0.05, 0.1) is 24.3 Å². The summed E-state index contributed by atoms with van der Waals surface area (Å²) >= 11 is 5.87. The van der Waals surface area contributed by atoms with Gasteiger partial charge >= 0.3 is 7.82 Å². The molecule has 0 aliphatic heterocycles. The van der Waals surface area contributed by atoms with Gasteiger partial charge in [-0.1, -0.05) is 121 Å². The summed E-state index contributed by atoms with van der Waals surface area (Å²) in [6.07, 6.45) is 20.5. The van der Waals surface area contributed by atoms with E-state index in [1.807, 2.05) is 0 Å². The van der Waals surface area contributed by atoms with Gasteiger partial charge in [0.1, 0.15) is 5.82 Å². The van der Waals surface area contributed by atoms with Crippen molar-refractivity contribution in [2.75, 3.05) is 19.8 Å². The predicted molar refractivity (Wildman–Crippen MR) is 160 cm³/mol. The lowest BCUT2D eigenvalue weighted by Crippen LogP contribution is -2.44. The average molecular weight is 608 g/mol. The third-order valence-corrected chi connectivity index (χ3v) is 7.84. The summed E-state index contributed by atoms with van der Waals surface area (Å²) in [4.78, 5) is 32.1. The summed E-state index contributed by atoms with van der Waals surface area (Å²) in [5.74, 6) is -0.894. The first-order valence-electron chi connectivity index (χ1n) is 15.1. The smallest absolute Gasteiger partial charge is 0.379 e. The van der Waals surface area contributed by atoms with E-state index in [4.69, 9.17) is 30.6 Å². The largest absolute Gasteiger partial charge is 0.469 e. The van der Waals surface area contributed by atoms with Crippen molar-refractivity contribution in [3.63, 3.8) is 0 Å². The van der Waals surface area contributed by atoms with Gasteiger partial charge in [0.25, 0.3) is 0 Å². The van der Waals surface area contributed by atoms with Crippen LogP contribution in [-0.2, 0) is 25.2 Å². The maximum Gasteiger partial charge on any atom is 0.469 e. The molecule has 10 heteroatoms. The van der Waals surface area contributed by atoms with E-state index < -0.39 is 26.3 Å². The van der Waals surface area contributed by atoms with Gasteiger partial charge in [0.2, 0.25) is 5.91 Å². The normalized spacial score (nSPS) is 12.6. The van der Waals surface area contributed by atoms with Gasteiger partial charge < -0.3 is 19.4 Å². The number of benzene rings is 1. The standard InChI is InChI=1S/C30H52ClFNO6P/c1-3-4-5-6-7-8-9-10-11-12-13-14-15-16-17-18-21-38-24-28(25-39-40(35,36)37)33(26(2)34)23-27-19-20-30(32)29(31)22-27/h19-20,22,28H,3-18,21,23-25H2,1-2H3,(H2,35,36,37). The van der Waals surface area contributed by atoms with Gasteiger partial charge in [-0.3, -0.25) is 9.32 Å². The van der Waals surface area contributed by atoms with E-state index in [9.17, 15) is 13.8 Å². The van der Waals surface area contributed by atoms with Crippen LogP contribution in [-0.4, -0.2) is 46.5 Å². The van der Waals surface area contributed by atoms with Crippen LogP contribution >= 0.6 is 19.4 Å². The van der Waals surface area contributed by atoms with E-state index in [1.165, 1.54) is 113 Å². The minimum Gasteiger partial charge on any atom is -0.379 e. The second kappa shape index (κ2) is 22.6. The Hall–Kier alpha value is -1.02. The Kier molecular flexibility index (Phi) is 20.9. The first-order chi connectivity index (χ1) is 19.1.